The minimum absolute atomic E-state index is 0.0905. The number of carbonyl (C=O) groups is 3. The fourth-order valence-corrected chi connectivity index (χ4v) is 3.39. The SMILES string of the molecule is CN(C)C[C@@H](NC(=O)CCCN1C(=O)c2ccccc2C1=O)c1ccccc1. The van der Waals surface area contributed by atoms with Gasteiger partial charge in [0, 0.05) is 19.5 Å². The van der Waals surface area contributed by atoms with Gasteiger partial charge in [-0.25, -0.2) is 0 Å². The van der Waals surface area contributed by atoms with Crippen molar-refractivity contribution in [3.05, 3.63) is 71.3 Å². The molecule has 0 fully saturated rings. The van der Waals surface area contributed by atoms with Crippen LogP contribution in [-0.4, -0.2) is 54.7 Å². The van der Waals surface area contributed by atoms with E-state index in [1.807, 2.05) is 49.3 Å². The third kappa shape index (κ3) is 4.46. The summed E-state index contributed by atoms with van der Waals surface area (Å²) in [5.74, 6) is -0.654. The van der Waals surface area contributed by atoms with Gasteiger partial charge in [-0.1, -0.05) is 42.5 Å². The zero-order valence-corrected chi connectivity index (χ0v) is 16.2. The van der Waals surface area contributed by atoms with Crippen molar-refractivity contribution in [1.82, 2.24) is 15.1 Å². The van der Waals surface area contributed by atoms with Gasteiger partial charge >= 0.3 is 0 Å². The van der Waals surface area contributed by atoms with Crippen LogP contribution < -0.4 is 5.32 Å². The van der Waals surface area contributed by atoms with Gasteiger partial charge in [-0.2, -0.15) is 0 Å². The lowest BCUT2D eigenvalue weighted by Gasteiger charge is -2.23. The van der Waals surface area contributed by atoms with E-state index in [0.29, 0.717) is 24.1 Å². The summed E-state index contributed by atoms with van der Waals surface area (Å²) in [5.41, 5.74) is 1.92. The Bertz CT molecular complexity index is 829. The molecule has 6 nitrogen and oxygen atoms in total. The molecule has 1 aliphatic rings. The molecule has 0 saturated carbocycles. The van der Waals surface area contributed by atoms with Gasteiger partial charge in [0.25, 0.3) is 11.8 Å². The standard InChI is InChI=1S/C22H25N3O3/c1-24(2)15-19(16-9-4-3-5-10-16)23-20(26)13-8-14-25-21(27)17-11-6-7-12-18(17)22(25)28/h3-7,9-12,19H,8,13-15H2,1-2H3,(H,23,26)/t19-/m1/s1. The highest BCUT2D eigenvalue weighted by Crippen LogP contribution is 2.22. The smallest absolute Gasteiger partial charge is 0.261 e. The van der Waals surface area contributed by atoms with Crippen molar-refractivity contribution in [2.24, 2.45) is 0 Å². The van der Waals surface area contributed by atoms with Gasteiger partial charge in [-0.3, -0.25) is 19.3 Å². The van der Waals surface area contributed by atoms with Gasteiger partial charge < -0.3 is 10.2 Å². The summed E-state index contributed by atoms with van der Waals surface area (Å²) < 4.78 is 0. The Morgan fingerprint density at radius 3 is 2.11 bits per heavy atom. The second kappa shape index (κ2) is 8.80. The van der Waals surface area contributed by atoms with Gasteiger partial charge in [0.15, 0.2) is 0 Å². The second-order valence-electron chi connectivity index (χ2n) is 7.20. The molecule has 1 heterocycles. The molecule has 0 saturated heterocycles. The van der Waals surface area contributed by atoms with Crippen molar-refractivity contribution in [2.45, 2.75) is 18.9 Å². The van der Waals surface area contributed by atoms with Gasteiger partial charge in [0.1, 0.15) is 0 Å². The zero-order valence-electron chi connectivity index (χ0n) is 16.2. The Balaban J connectivity index is 1.54. The molecule has 1 atom stereocenters. The molecule has 1 aliphatic heterocycles. The molecule has 3 amide bonds. The van der Waals surface area contributed by atoms with Gasteiger partial charge in [0.2, 0.25) is 5.91 Å². The molecule has 6 heteroatoms. The molecule has 0 aromatic heterocycles. The number of likely N-dealkylation sites (N-methyl/N-ethyl adjacent to an activating group) is 1. The number of hydrogen-bond donors (Lipinski definition) is 1. The molecule has 0 bridgehead atoms. The van der Waals surface area contributed by atoms with E-state index in [9.17, 15) is 14.4 Å². The molecule has 28 heavy (non-hydrogen) atoms. The summed E-state index contributed by atoms with van der Waals surface area (Å²) in [6, 6.07) is 16.5. The minimum Gasteiger partial charge on any atom is -0.348 e. The van der Waals surface area contributed by atoms with Crippen molar-refractivity contribution >= 4 is 17.7 Å². The molecule has 0 aliphatic carbocycles. The highest BCUT2D eigenvalue weighted by atomic mass is 16.2. The first-order valence-corrected chi connectivity index (χ1v) is 9.41. The Morgan fingerprint density at radius 1 is 0.964 bits per heavy atom. The summed E-state index contributed by atoms with van der Waals surface area (Å²) in [5, 5.41) is 3.06. The van der Waals surface area contributed by atoms with E-state index in [1.165, 1.54) is 4.90 Å². The molecule has 1 N–H and O–H groups in total. The van der Waals surface area contributed by atoms with E-state index in [4.69, 9.17) is 0 Å². The van der Waals surface area contributed by atoms with Crippen LogP contribution in [0.5, 0.6) is 0 Å². The van der Waals surface area contributed by atoms with Crippen LogP contribution in [0, 0.1) is 0 Å². The molecular weight excluding hydrogens is 354 g/mol. The quantitative estimate of drug-likeness (QED) is 0.716. The highest BCUT2D eigenvalue weighted by Gasteiger charge is 2.34. The molecule has 3 rings (SSSR count). The summed E-state index contributed by atoms with van der Waals surface area (Å²) in [6.07, 6.45) is 0.685. The summed E-state index contributed by atoms with van der Waals surface area (Å²) >= 11 is 0. The van der Waals surface area contributed by atoms with E-state index < -0.39 is 0 Å². The number of fused-ring (bicyclic) bond motifs is 1. The average Bonchev–Trinajstić information content (AvgIpc) is 2.93. The van der Waals surface area contributed by atoms with Crippen LogP contribution in [0.1, 0.15) is 45.2 Å². The van der Waals surface area contributed by atoms with Crippen LogP contribution in [0.2, 0.25) is 0 Å². The number of carbonyl (C=O) groups excluding carboxylic acids is 3. The molecule has 146 valence electrons. The Morgan fingerprint density at radius 2 is 1.54 bits per heavy atom. The number of amides is 3. The molecular formula is C22H25N3O3. The predicted molar refractivity (Wildman–Crippen MR) is 107 cm³/mol. The Hall–Kier alpha value is -2.99. The number of nitrogens with zero attached hydrogens (tertiary/aromatic N) is 2. The van der Waals surface area contributed by atoms with E-state index >= 15 is 0 Å². The largest absolute Gasteiger partial charge is 0.348 e. The average molecular weight is 379 g/mol. The van der Waals surface area contributed by atoms with Crippen LogP contribution in [0.25, 0.3) is 0 Å². The third-order valence-corrected chi connectivity index (χ3v) is 4.75. The summed E-state index contributed by atoms with van der Waals surface area (Å²) in [6.45, 7) is 0.928. The van der Waals surface area contributed by atoms with Crippen LogP contribution in [0.3, 0.4) is 0 Å². The van der Waals surface area contributed by atoms with Crippen molar-refractivity contribution in [1.29, 1.82) is 0 Å². The van der Waals surface area contributed by atoms with Gasteiger partial charge in [-0.05, 0) is 38.2 Å². The first kappa shape index (κ1) is 19.8. The van der Waals surface area contributed by atoms with Crippen LogP contribution in [-0.2, 0) is 4.79 Å². The first-order valence-electron chi connectivity index (χ1n) is 9.41. The number of rotatable bonds is 8. The summed E-state index contributed by atoms with van der Waals surface area (Å²) in [7, 11) is 3.93. The summed E-state index contributed by atoms with van der Waals surface area (Å²) in [4.78, 5) is 40.4. The van der Waals surface area contributed by atoms with Crippen molar-refractivity contribution in [2.75, 3.05) is 27.2 Å². The second-order valence-corrected chi connectivity index (χ2v) is 7.20. The van der Waals surface area contributed by atoms with Crippen molar-refractivity contribution in [3.63, 3.8) is 0 Å². The predicted octanol–water partition coefficient (Wildman–Crippen LogP) is 2.48. The normalized spacial score (nSPS) is 14.3. The maximum atomic E-state index is 12.4. The molecule has 0 radical (unpaired) electrons. The molecule has 2 aromatic carbocycles. The van der Waals surface area contributed by atoms with Crippen LogP contribution in [0.4, 0.5) is 0 Å². The van der Waals surface area contributed by atoms with E-state index in [2.05, 4.69) is 5.32 Å². The third-order valence-electron chi connectivity index (χ3n) is 4.75. The zero-order chi connectivity index (χ0) is 20.1. The monoisotopic (exact) mass is 379 g/mol. The topological polar surface area (TPSA) is 69.7 Å². The fourth-order valence-electron chi connectivity index (χ4n) is 3.39. The molecule has 2 aromatic rings. The minimum atomic E-state index is -0.282. The van der Waals surface area contributed by atoms with Crippen LogP contribution >= 0.6 is 0 Å². The van der Waals surface area contributed by atoms with E-state index in [0.717, 1.165) is 5.56 Å². The molecule has 0 spiro atoms. The molecule has 0 unspecified atom stereocenters. The van der Waals surface area contributed by atoms with E-state index in [-0.39, 0.29) is 36.7 Å². The Labute approximate surface area is 165 Å². The van der Waals surface area contributed by atoms with Gasteiger partial charge in [0.05, 0.1) is 17.2 Å². The highest BCUT2D eigenvalue weighted by molar-refractivity contribution is 6.21. The maximum absolute atomic E-state index is 12.4. The number of nitrogens with one attached hydrogen (secondary N) is 1. The fraction of sp³-hybridized carbons (Fsp3) is 0.318. The lowest BCUT2D eigenvalue weighted by atomic mass is 10.1. The van der Waals surface area contributed by atoms with E-state index in [1.54, 1.807) is 24.3 Å². The Kier molecular flexibility index (Phi) is 6.21. The first-order chi connectivity index (χ1) is 13.5. The lowest BCUT2D eigenvalue weighted by Crippen LogP contribution is -2.36. The van der Waals surface area contributed by atoms with Crippen molar-refractivity contribution < 1.29 is 14.4 Å². The van der Waals surface area contributed by atoms with Gasteiger partial charge in [-0.15, -0.1) is 0 Å². The lowest BCUT2D eigenvalue weighted by molar-refractivity contribution is -0.122. The number of imide groups is 1. The number of hydrogen-bond acceptors (Lipinski definition) is 4. The number of benzene rings is 2. The maximum Gasteiger partial charge on any atom is 0.261 e. The van der Waals surface area contributed by atoms with Crippen LogP contribution in [0.15, 0.2) is 54.6 Å². The van der Waals surface area contributed by atoms with Crippen molar-refractivity contribution in [3.8, 4) is 0 Å².